The smallest absolute Gasteiger partial charge is 0.320 e. The van der Waals surface area contributed by atoms with E-state index in [9.17, 15) is 4.79 Å². The van der Waals surface area contributed by atoms with Crippen LogP contribution in [0.4, 0.5) is 0 Å². The highest BCUT2D eigenvalue weighted by atomic mass is 16.4. The van der Waals surface area contributed by atoms with Crippen LogP contribution in [0.15, 0.2) is 0 Å². The quantitative estimate of drug-likeness (QED) is 0.603. The molecule has 4 heteroatoms. The molecule has 1 unspecified atom stereocenters. The Morgan fingerprint density at radius 2 is 2.06 bits per heavy atom. The first-order chi connectivity index (χ1) is 8.02. The van der Waals surface area contributed by atoms with Gasteiger partial charge in [0.25, 0.3) is 0 Å². The molecule has 1 rings (SSSR count). The molecule has 1 aliphatic rings. The van der Waals surface area contributed by atoms with Gasteiger partial charge < -0.3 is 15.3 Å². The molecule has 4 nitrogen and oxygen atoms in total. The van der Waals surface area contributed by atoms with E-state index in [1.165, 1.54) is 0 Å². The number of carboxylic acid groups (broad SMARTS) is 1. The van der Waals surface area contributed by atoms with Crippen LogP contribution in [-0.2, 0) is 4.79 Å². The van der Waals surface area contributed by atoms with Crippen molar-refractivity contribution in [3.05, 3.63) is 0 Å². The van der Waals surface area contributed by atoms with Gasteiger partial charge >= 0.3 is 5.97 Å². The molecular weight excluding hydrogens is 216 g/mol. The number of rotatable bonds is 9. The highest BCUT2D eigenvalue weighted by Crippen LogP contribution is 2.32. The number of hydrogen-bond acceptors (Lipinski definition) is 3. The molecule has 0 saturated heterocycles. The third-order valence-electron chi connectivity index (χ3n) is 3.54. The predicted octanol–water partition coefficient (Wildman–Crippen LogP) is 1.56. The van der Waals surface area contributed by atoms with Gasteiger partial charge in [0.15, 0.2) is 0 Å². The van der Waals surface area contributed by atoms with Crippen LogP contribution in [0, 0.1) is 5.92 Å². The fraction of sp³-hybridized carbons (Fsp3) is 0.923. The summed E-state index contributed by atoms with van der Waals surface area (Å²) in [4.78, 5) is 13.3. The Bertz CT molecular complexity index is 240. The minimum atomic E-state index is -0.688. The van der Waals surface area contributed by atoms with Crippen molar-refractivity contribution in [3.63, 3.8) is 0 Å². The van der Waals surface area contributed by atoms with Crippen molar-refractivity contribution < 1.29 is 9.90 Å². The van der Waals surface area contributed by atoms with Gasteiger partial charge in [0.1, 0.15) is 6.04 Å². The molecule has 0 aromatic heterocycles. The van der Waals surface area contributed by atoms with Crippen LogP contribution >= 0.6 is 0 Å². The minimum Gasteiger partial charge on any atom is -0.480 e. The number of nitrogens with zero attached hydrogens (tertiary/aromatic N) is 1. The van der Waals surface area contributed by atoms with E-state index < -0.39 is 5.97 Å². The van der Waals surface area contributed by atoms with Gasteiger partial charge in [-0.1, -0.05) is 0 Å². The summed E-state index contributed by atoms with van der Waals surface area (Å²) in [5.74, 6) is -0.308. The number of hydrogen-bond donors (Lipinski definition) is 2. The summed E-state index contributed by atoms with van der Waals surface area (Å²) in [6.45, 7) is 6.28. The Balaban J connectivity index is 2.04. The second-order valence-electron chi connectivity index (χ2n) is 5.39. The van der Waals surface area contributed by atoms with Crippen molar-refractivity contribution >= 4 is 5.97 Å². The molecule has 2 N–H and O–H groups in total. The number of carboxylic acids is 1. The average Bonchev–Trinajstić information content (AvgIpc) is 3.05. The first-order valence-corrected chi connectivity index (χ1v) is 6.68. The lowest BCUT2D eigenvalue weighted by atomic mass is 10.2. The third-order valence-corrected chi connectivity index (χ3v) is 3.54. The fourth-order valence-corrected chi connectivity index (χ4v) is 1.89. The summed E-state index contributed by atoms with van der Waals surface area (Å²) in [6, 6.07) is 0.277. The molecule has 0 heterocycles. The molecule has 0 spiro atoms. The molecule has 1 atom stereocenters. The standard InChI is InChI=1S/C13H26N2O2/c1-10(2)15(3)9-5-4-8-14-12(13(16)17)11-6-7-11/h10-12,14H,4-9H2,1-3H3,(H,16,17). The molecule has 0 amide bonds. The fourth-order valence-electron chi connectivity index (χ4n) is 1.89. The van der Waals surface area contributed by atoms with Crippen molar-refractivity contribution in [2.75, 3.05) is 20.1 Å². The van der Waals surface area contributed by atoms with E-state index in [1.54, 1.807) is 0 Å². The van der Waals surface area contributed by atoms with Crippen LogP contribution in [0.3, 0.4) is 0 Å². The molecule has 0 bridgehead atoms. The van der Waals surface area contributed by atoms with E-state index in [2.05, 4.69) is 31.1 Å². The van der Waals surface area contributed by atoms with Gasteiger partial charge in [-0.2, -0.15) is 0 Å². The van der Waals surface area contributed by atoms with Crippen molar-refractivity contribution in [1.82, 2.24) is 10.2 Å². The average molecular weight is 242 g/mol. The number of nitrogens with one attached hydrogen (secondary N) is 1. The molecule has 1 fully saturated rings. The summed E-state index contributed by atoms with van der Waals surface area (Å²) in [5.41, 5.74) is 0. The van der Waals surface area contributed by atoms with Crippen LogP contribution < -0.4 is 5.32 Å². The van der Waals surface area contributed by atoms with E-state index in [-0.39, 0.29) is 6.04 Å². The highest BCUT2D eigenvalue weighted by Gasteiger charge is 2.35. The van der Waals surface area contributed by atoms with E-state index >= 15 is 0 Å². The summed E-state index contributed by atoms with van der Waals surface area (Å²) in [5, 5.41) is 12.2. The molecule has 0 radical (unpaired) electrons. The second kappa shape index (κ2) is 6.97. The molecule has 1 saturated carbocycles. The Morgan fingerprint density at radius 1 is 1.41 bits per heavy atom. The highest BCUT2D eigenvalue weighted by molar-refractivity contribution is 5.74. The van der Waals surface area contributed by atoms with E-state index in [0.717, 1.165) is 38.8 Å². The predicted molar refractivity (Wildman–Crippen MR) is 69.2 cm³/mol. The van der Waals surface area contributed by atoms with Gasteiger partial charge in [0.05, 0.1) is 0 Å². The maximum atomic E-state index is 11.0. The maximum absolute atomic E-state index is 11.0. The van der Waals surface area contributed by atoms with E-state index in [4.69, 9.17) is 5.11 Å². The summed E-state index contributed by atoms with van der Waals surface area (Å²) in [6.07, 6.45) is 4.31. The summed E-state index contributed by atoms with van der Waals surface area (Å²) >= 11 is 0. The zero-order valence-corrected chi connectivity index (χ0v) is 11.3. The Morgan fingerprint density at radius 3 is 2.53 bits per heavy atom. The maximum Gasteiger partial charge on any atom is 0.320 e. The van der Waals surface area contributed by atoms with Gasteiger partial charge in [-0.15, -0.1) is 0 Å². The van der Waals surface area contributed by atoms with E-state index in [0.29, 0.717) is 12.0 Å². The molecule has 17 heavy (non-hydrogen) atoms. The summed E-state index contributed by atoms with van der Waals surface area (Å²) < 4.78 is 0. The lowest BCUT2D eigenvalue weighted by Gasteiger charge is -2.21. The Kier molecular flexibility index (Phi) is 5.92. The zero-order chi connectivity index (χ0) is 12.8. The van der Waals surface area contributed by atoms with Gasteiger partial charge in [-0.05, 0) is 65.6 Å². The molecule has 100 valence electrons. The molecule has 1 aliphatic carbocycles. The monoisotopic (exact) mass is 242 g/mol. The summed E-state index contributed by atoms with van der Waals surface area (Å²) in [7, 11) is 2.13. The lowest BCUT2D eigenvalue weighted by molar-refractivity contribution is -0.140. The van der Waals surface area contributed by atoms with Crippen molar-refractivity contribution in [2.24, 2.45) is 5.92 Å². The minimum absolute atomic E-state index is 0.308. The van der Waals surface area contributed by atoms with Crippen LogP contribution in [0.5, 0.6) is 0 Å². The topological polar surface area (TPSA) is 52.6 Å². The van der Waals surface area contributed by atoms with Crippen LogP contribution in [0.25, 0.3) is 0 Å². The van der Waals surface area contributed by atoms with Crippen LogP contribution in [-0.4, -0.2) is 48.2 Å². The van der Waals surface area contributed by atoms with Gasteiger partial charge in [-0.3, -0.25) is 4.79 Å². The molecular formula is C13H26N2O2. The van der Waals surface area contributed by atoms with Crippen LogP contribution in [0.2, 0.25) is 0 Å². The second-order valence-corrected chi connectivity index (χ2v) is 5.39. The first kappa shape index (κ1) is 14.5. The van der Waals surface area contributed by atoms with Crippen molar-refractivity contribution in [1.29, 1.82) is 0 Å². The number of aliphatic carboxylic acids is 1. The van der Waals surface area contributed by atoms with Crippen molar-refractivity contribution in [2.45, 2.75) is 51.6 Å². The van der Waals surface area contributed by atoms with Gasteiger partial charge in [0, 0.05) is 6.04 Å². The Hall–Kier alpha value is -0.610. The number of carbonyl (C=O) groups is 1. The lowest BCUT2D eigenvalue weighted by Crippen LogP contribution is -2.39. The number of unbranched alkanes of at least 4 members (excludes halogenated alkanes) is 1. The molecule has 0 aromatic rings. The third kappa shape index (κ3) is 5.50. The van der Waals surface area contributed by atoms with Crippen LogP contribution in [0.1, 0.15) is 39.5 Å². The largest absolute Gasteiger partial charge is 0.480 e. The molecule has 0 aliphatic heterocycles. The van der Waals surface area contributed by atoms with Crippen molar-refractivity contribution in [3.8, 4) is 0 Å². The van der Waals surface area contributed by atoms with Gasteiger partial charge in [0.2, 0.25) is 0 Å². The SMILES string of the molecule is CC(C)N(C)CCCCNC(C(=O)O)C1CC1. The van der Waals surface area contributed by atoms with Gasteiger partial charge in [-0.25, -0.2) is 0 Å². The zero-order valence-electron chi connectivity index (χ0n) is 11.3. The first-order valence-electron chi connectivity index (χ1n) is 6.68. The van der Waals surface area contributed by atoms with E-state index in [1.807, 2.05) is 0 Å². The normalized spacial score (nSPS) is 17.7. The Labute approximate surface area is 104 Å². The molecule has 0 aromatic carbocycles.